The average Bonchev–Trinajstić information content (AvgIpc) is 2.76. The minimum absolute atomic E-state index is 0.377. The Kier molecular flexibility index (Phi) is 3.31. The molecule has 16 heavy (non-hydrogen) atoms. The fourth-order valence-electron chi connectivity index (χ4n) is 1.26. The zero-order valence-corrected chi connectivity index (χ0v) is 9.52. The Morgan fingerprint density at radius 1 is 1.31 bits per heavy atom. The maximum absolute atomic E-state index is 5.63. The van der Waals surface area contributed by atoms with Gasteiger partial charge in [0.25, 0.3) is 0 Å². The number of nitrogens with zero attached hydrogens (tertiary/aromatic N) is 5. The van der Waals surface area contributed by atoms with Crippen LogP contribution in [0, 0.1) is 0 Å². The molecule has 1 N–H and O–H groups in total. The van der Waals surface area contributed by atoms with Gasteiger partial charge in [-0.15, -0.1) is 20.4 Å². The van der Waals surface area contributed by atoms with Crippen molar-refractivity contribution in [1.82, 2.24) is 25.0 Å². The average molecular weight is 239 g/mol. The summed E-state index contributed by atoms with van der Waals surface area (Å²) in [6, 6.07) is 3.45. The van der Waals surface area contributed by atoms with E-state index in [4.69, 9.17) is 11.6 Å². The summed E-state index contributed by atoms with van der Waals surface area (Å²) in [6.07, 6.45) is 1.70. The summed E-state index contributed by atoms with van der Waals surface area (Å²) in [5, 5.41) is 18.9. The minimum Gasteiger partial charge on any atom is -0.361 e. The van der Waals surface area contributed by atoms with E-state index < -0.39 is 0 Å². The molecular weight excluding hydrogens is 228 g/mol. The summed E-state index contributed by atoms with van der Waals surface area (Å²) in [5.41, 5.74) is 0. The van der Waals surface area contributed by atoms with Crippen LogP contribution in [0.4, 0.5) is 5.82 Å². The second-order valence-electron chi connectivity index (χ2n) is 3.13. The Labute approximate surface area is 97.7 Å². The van der Waals surface area contributed by atoms with Crippen LogP contribution in [-0.2, 0) is 13.1 Å². The van der Waals surface area contributed by atoms with Crippen LogP contribution >= 0.6 is 11.6 Å². The van der Waals surface area contributed by atoms with Gasteiger partial charge in [-0.1, -0.05) is 11.6 Å². The number of aryl methyl sites for hydroxylation is 1. The Bertz CT molecular complexity index is 451. The van der Waals surface area contributed by atoms with E-state index in [2.05, 4.69) is 25.7 Å². The highest BCUT2D eigenvalue weighted by atomic mass is 35.5. The highest BCUT2D eigenvalue weighted by molar-refractivity contribution is 6.29. The molecule has 2 rings (SSSR count). The predicted octanol–water partition coefficient (Wildman–Crippen LogP) is 1.35. The first-order valence-corrected chi connectivity index (χ1v) is 5.27. The van der Waals surface area contributed by atoms with E-state index in [1.165, 1.54) is 0 Å². The Morgan fingerprint density at radius 2 is 2.19 bits per heavy atom. The lowest BCUT2D eigenvalue weighted by molar-refractivity contribution is 0.706. The Balaban J connectivity index is 1.99. The fourth-order valence-corrected chi connectivity index (χ4v) is 1.36. The lowest BCUT2D eigenvalue weighted by atomic mass is 10.5. The van der Waals surface area contributed by atoms with Gasteiger partial charge in [0.15, 0.2) is 11.0 Å². The molecule has 0 aliphatic rings. The van der Waals surface area contributed by atoms with Gasteiger partial charge in [0.1, 0.15) is 12.1 Å². The first-order chi connectivity index (χ1) is 7.79. The summed E-state index contributed by atoms with van der Waals surface area (Å²) in [4.78, 5) is 0. The molecule has 7 heteroatoms. The molecule has 0 aromatic carbocycles. The number of aromatic nitrogens is 5. The zero-order valence-electron chi connectivity index (χ0n) is 8.76. The number of anilines is 1. The zero-order chi connectivity index (χ0) is 11.4. The van der Waals surface area contributed by atoms with Gasteiger partial charge in [0.2, 0.25) is 0 Å². The van der Waals surface area contributed by atoms with Crippen molar-refractivity contribution in [3.8, 4) is 0 Å². The van der Waals surface area contributed by atoms with Gasteiger partial charge >= 0.3 is 0 Å². The smallest absolute Gasteiger partial charge is 0.152 e. The van der Waals surface area contributed by atoms with E-state index in [9.17, 15) is 0 Å². The largest absolute Gasteiger partial charge is 0.361 e. The highest BCUT2D eigenvalue weighted by Gasteiger charge is 2.02. The molecule has 0 aliphatic heterocycles. The summed E-state index contributed by atoms with van der Waals surface area (Å²) >= 11 is 5.63. The number of rotatable bonds is 4. The third-order valence-corrected chi connectivity index (χ3v) is 2.30. The van der Waals surface area contributed by atoms with Crippen LogP contribution in [-0.4, -0.2) is 25.0 Å². The van der Waals surface area contributed by atoms with Crippen LogP contribution in [0.1, 0.15) is 12.7 Å². The number of nitrogens with one attached hydrogen (secondary N) is 1. The maximum atomic E-state index is 5.63. The molecule has 0 spiro atoms. The van der Waals surface area contributed by atoms with E-state index in [-0.39, 0.29) is 0 Å². The molecule has 0 amide bonds. The van der Waals surface area contributed by atoms with Gasteiger partial charge in [-0.05, 0) is 19.1 Å². The lowest BCUT2D eigenvalue weighted by Crippen LogP contribution is -2.08. The second kappa shape index (κ2) is 4.89. The highest BCUT2D eigenvalue weighted by Crippen LogP contribution is 2.07. The first-order valence-electron chi connectivity index (χ1n) is 4.89. The summed E-state index contributed by atoms with van der Waals surface area (Å²) < 4.78 is 1.95. The van der Waals surface area contributed by atoms with E-state index in [0.717, 1.165) is 12.4 Å². The number of halogens is 1. The van der Waals surface area contributed by atoms with Crippen molar-refractivity contribution in [2.24, 2.45) is 0 Å². The predicted molar refractivity (Wildman–Crippen MR) is 60.1 cm³/mol. The van der Waals surface area contributed by atoms with Crippen molar-refractivity contribution >= 4 is 17.4 Å². The van der Waals surface area contributed by atoms with Gasteiger partial charge in [0.05, 0.1) is 6.54 Å². The molecule has 2 aromatic rings. The van der Waals surface area contributed by atoms with Gasteiger partial charge in [0, 0.05) is 6.54 Å². The van der Waals surface area contributed by atoms with Crippen molar-refractivity contribution in [2.45, 2.75) is 20.0 Å². The molecule has 0 bridgehead atoms. The molecule has 6 nitrogen and oxygen atoms in total. The van der Waals surface area contributed by atoms with Crippen LogP contribution in [0.2, 0.25) is 5.15 Å². The first kappa shape index (κ1) is 10.8. The molecule has 0 aliphatic carbocycles. The molecule has 84 valence electrons. The number of hydrogen-bond acceptors (Lipinski definition) is 5. The van der Waals surface area contributed by atoms with Crippen molar-refractivity contribution in [2.75, 3.05) is 5.32 Å². The van der Waals surface area contributed by atoms with Crippen molar-refractivity contribution in [3.05, 3.63) is 29.4 Å². The Morgan fingerprint density at radius 3 is 2.88 bits per heavy atom. The van der Waals surface area contributed by atoms with Crippen LogP contribution < -0.4 is 5.32 Å². The minimum atomic E-state index is 0.377. The summed E-state index contributed by atoms with van der Waals surface area (Å²) in [5.74, 6) is 1.52. The van der Waals surface area contributed by atoms with Gasteiger partial charge in [-0.3, -0.25) is 0 Å². The molecule has 2 aromatic heterocycles. The topological polar surface area (TPSA) is 68.5 Å². The molecular formula is C9H11ClN6. The van der Waals surface area contributed by atoms with E-state index in [1.807, 2.05) is 11.5 Å². The van der Waals surface area contributed by atoms with E-state index in [0.29, 0.717) is 17.5 Å². The van der Waals surface area contributed by atoms with Crippen LogP contribution in [0.15, 0.2) is 18.5 Å². The maximum Gasteiger partial charge on any atom is 0.152 e. The molecule has 0 saturated heterocycles. The van der Waals surface area contributed by atoms with Crippen LogP contribution in [0.5, 0.6) is 0 Å². The van der Waals surface area contributed by atoms with E-state index in [1.54, 1.807) is 18.5 Å². The molecule has 0 atom stereocenters. The molecule has 0 fully saturated rings. The normalized spacial score (nSPS) is 10.4. The van der Waals surface area contributed by atoms with Crippen molar-refractivity contribution < 1.29 is 0 Å². The van der Waals surface area contributed by atoms with Crippen molar-refractivity contribution in [1.29, 1.82) is 0 Å². The summed E-state index contributed by atoms with van der Waals surface area (Å²) in [6.45, 7) is 3.44. The van der Waals surface area contributed by atoms with Gasteiger partial charge in [-0.2, -0.15) is 0 Å². The molecule has 0 saturated carbocycles. The SMILES string of the molecule is CCn1cnnc1CNc1ccc(Cl)nn1. The van der Waals surface area contributed by atoms with Gasteiger partial charge in [-0.25, -0.2) is 0 Å². The fraction of sp³-hybridized carbons (Fsp3) is 0.333. The molecule has 2 heterocycles. The standard InChI is InChI=1S/C9H11ClN6/c1-2-16-6-12-15-9(16)5-11-8-4-3-7(10)13-14-8/h3-4,6H,2,5H2,1H3,(H,11,14). The molecule has 0 unspecified atom stereocenters. The summed E-state index contributed by atoms with van der Waals surface area (Å²) in [7, 11) is 0. The third kappa shape index (κ3) is 2.46. The van der Waals surface area contributed by atoms with Crippen molar-refractivity contribution in [3.63, 3.8) is 0 Å². The monoisotopic (exact) mass is 238 g/mol. The van der Waals surface area contributed by atoms with Crippen LogP contribution in [0.25, 0.3) is 0 Å². The van der Waals surface area contributed by atoms with E-state index >= 15 is 0 Å². The Hall–Kier alpha value is -1.69. The quantitative estimate of drug-likeness (QED) is 0.871. The van der Waals surface area contributed by atoms with Crippen LogP contribution in [0.3, 0.4) is 0 Å². The molecule has 0 radical (unpaired) electrons. The van der Waals surface area contributed by atoms with Gasteiger partial charge < -0.3 is 9.88 Å². The number of hydrogen-bond donors (Lipinski definition) is 1. The second-order valence-corrected chi connectivity index (χ2v) is 3.52. The third-order valence-electron chi connectivity index (χ3n) is 2.10. The lowest BCUT2D eigenvalue weighted by Gasteiger charge is -2.05.